The standard InChI is InChI=1S/C24H26N2O7/c1-14(13-27)26-20-22(29)25(15-6-8-16(31-2)9-7-15)11-4-10-24(20)19(21(26)28)18-17(33-24)5-3-12-32-23(18)30/h3-10,14,17-20,27H,11-13H2,1-2H3/t14-,17-,18+,19+,20?,24+/m1/s1. The van der Waals surface area contributed by atoms with Crippen LogP contribution in [-0.4, -0.2) is 78.4 Å². The lowest BCUT2D eigenvalue weighted by atomic mass is 9.78. The Labute approximate surface area is 191 Å². The highest BCUT2D eigenvalue weighted by atomic mass is 16.6. The van der Waals surface area contributed by atoms with E-state index in [4.69, 9.17) is 14.2 Å². The number of cyclic esters (lactones) is 1. The summed E-state index contributed by atoms with van der Waals surface area (Å²) < 4.78 is 16.9. The maximum absolute atomic E-state index is 14.0. The van der Waals surface area contributed by atoms with Crippen LogP contribution in [0.1, 0.15) is 6.92 Å². The Hall–Kier alpha value is -3.17. The highest BCUT2D eigenvalue weighted by Gasteiger charge is 2.72. The van der Waals surface area contributed by atoms with Gasteiger partial charge in [-0.1, -0.05) is 18.2 Å². The molecule has 1 unspecified atom stereocenters. The van der Waals surface area contributed by atoms with Crippen LogP contribution in [0.15, 0.2) is 48.6 Å². The molecular formula is C24H26N2O7. The molecule has 9 nitrogen and oxygen atoms in total. The second kappa shape index (κ2) is 8.00. The number of hydrogen-bond donors (Lipinski definition) is 1. The highest BCUT2D eigenvalue weighted by Crippen LogP contribution is 2.53. The van der Waals surface area contributed by atoms with Gasteiger partial charge in [-0.05, 0) is 37.3 Å². The first-order chi connectivity index (χ1) is 15.9. The lowest BCUT2D eigenvalue weighted by Crippen LogP contribution is -2.57. The summed E-state index contributed by atoms with van der Waals surface area (Å²) in [6.07, 6.45) is 6.31. The molecule has 1 spiro atoms. The van der Waals surface area contributed by atoms with E-state index >= 15 is 0 Å². The maximum atomic E-state index is 14.0. The average Bonchev–Trinajstić information content (AvgIpc) is 3.13. The van der Waals surface area contributed by atoms with Crippen LogP contribution >= 0.6 is 0 Å². The number of amides is 2. The largest absolute Gasteiger partial charge is 0.497 e. The van der Waals surface area contributed by atoms with Gasteiger partial charge in [0.15, 0.2) is 0 Å². The molecule has 1 aromatic carbocycles. The number of carbonyl (C=O) groups excluding carboxylic acids is 3. The predicted octanol–water partition coefficient (Wildman–Crippen LogP) is 0.673. The summed E-state index contributed by atoms with van der Waals surface area (Å²) in [5.41, 5.74) is -0.698. The zero-order chi connectivity index (χ0) is 23.3. The Morgan fingerprint density at radius 3 is 2.64 bits per heavy atom. The number of anilines is 1. The molecule has 0 aliphatic carbocycles. The van der Waals surface area contributed by atoms with Crippen molar-refractivity contribution in [3.63, 3.8) is 0 Å². The lowest BCUT2D eigenvalue weighted by Gasteiger charge is -2.37. The van der Waals surface area contributed by atoms with Crippen molar-refractivity contribution in [2.24, 2.45) is 11.8 Å². The van der Waals surface area contributed by atoms with Gasteiger partial charge in [-0.25, -0.2) is 0 Å². The van der Waals surface area contributed by atoms with Gasteiger partial charge >= 0.3 is 5.97 Å². The summed E-state index contributed by atoms with van der Waals surface area (Å²) in [5, 5.41) is 9.90. The van der Waals surface area contributed by atoms with Crippen molar-refractivity contribution in [1.82, 2.24) is 4.90 Å². The monoisotopic (exact) mass is 454 g/mol. The highest BCUT2D eigenvalue weighted by molar-refractivity contribution is 6.05. The van der Waals surface area contributed by atoms with Gasteiger partial charge in [0.1, 0.15) is 29.9 Å². The number of aliphatic hydroxyl groups is 1. The van der Waals surface area contributed by atoms with Crippen LogP contribution in [0.2, 0.25) is 0 Å². The van der Waals surface area contributed by atoms with E-state index in [1.165, 1.54) is 4.90 Å². The Morgan fingerprint density at radius 2 is 1.94 bits per heavy atom. The number of ether oxygens (including phenoxy) is 3. The SMILES string of the molecule is COc1ccc(N2CC=C[C@]34O[C@@H]5C=CCOC(=O)[C@@H]5[C@H]3C(=O)N([C@H](C)CO)C4C2=O)cc1. The third-order valence-corrected chi connectivity index (χ3v) is 6.97. The molecule has 6 atom stereocenters. The first-order valence-electron chi connectivity index (χ1n) is 11.0. The van der Waals surface area contributed by atoms with Crippen LogP contribution in [0.25, 0.3) is 0 Å². The van der Waals surface area contributed by atoms with E-state index in [1.54, 1.807) is 67.5 Å². The van der Waals surface area contributed by atoms with Gasteiger partial charge in [0.2, 0.25) is 5.91 Å². The molecule has 9 heteroatoms. The van der Waals surface area contributed by atoms with E-state index in [2.05, 4.69) is 0 Å². The Bertz CT molecular complexity index is 1040. The van der Waals surface area contributed by atoms with Gasteiger partial charge in [0.05, 0.1) is 31.8 Å². The Balaban J connectivity index is 1.61. The van der Waals surface area contributed by atoms with E-state index in [9.17, 15) is 19.5 Å². The normalized spacial score (nSPS) is 33.7. The average molecular weight is 454 g/mol. The zero-order valence-electron chi connectivity index (χ0n) is 18.4. The quantitative estimate of drug-likeness (QED) is 0.527. The Kier molecular flexibility index (Phi) is 5.25. The molecule has 0 bridgehead atoms. The molecule has 5 rings (SSSR count). The molecule has 33 heavy (non-hydrogen) atoms. The number of carbonyl (C=O) groups is 3. The van der Waals surface area contributed by atoms with Crippen LogP contribution in [0.5, 0.6) is 5.75 Å². The minimum Gasteiger partial charge on any atom is -0.497 e. The van der Waals surface area contributed by atoms with Crippen molar-refractivity contribution in [3.05, 3.63) is 48.6 Å². The number of methoxy groups -OCH3 is 1. The first kappa shape index (κ1) is 21.7. The van der Waals surface area contributed by atoms with E-state index in [1.807, 2.05) is 0 Å². The third-order valence-electron chi connectivity index (χ3n) is 6.97. The molecule has 2 saturated heterocycles. The number of nitrogens with zero attached hydrogens (tertiary/aromatic N) is 2. The molecule has 4 aliphatic heterocycles. The number of hydrogen-bond acceptors (Lipinski definition) is 7. The number of esters is 1. The number of benzene rings is 1. The zero-order valence-corrected chi connectivity index (χ0v) is 18.4. The summed E-state index contributed by atoms with van der Waals surface area (Å²) >= 11 is 0. The second-order valence-electron chi connectivity index (χ2n) is 8.73. The van der Waals surface area contributed by atoms with Crippen molar-refractivity contribution >= 4 is 23.5 Å². The fourth-order valence-corrected chi connectivity index (χ4v) is 5.46. The van der Waals surface area contributed by atoms with Crippen LogP contribution < -0.4 is 9.64 Å². The molecule has 2 amide bonds. The fraction of sp³-hybridized carbons (Fsp3) is 0.458. The molecule has 4 heterocycles. The molecule has 1 N–H and O–H groups in total. The van der Waals surface area contributed by atoms with Gasteiger partial charge in [-0.2, -0.15) is 0 Å². The third kappa shape index (κ3) is 3.10. The molecule has 2 fully saturated rings. The second-order valence-corrected chi connectivity index (χ2v) is 8.73. The van der Waals surface area contributed by atoms with Gasteiger partial charge in [0, 0.05) is 12.2 Å². The molecule has 0 saturated carbocycles. The van der Waals surface area contributed by atoms with Crippen LogP contribution in [0.4, 0.5) is 5.69 Å². The molecule has 4 aliphatic rings. The van der Waals surface area contributed by atoms with Gasteiger partial charge in [-0.15, -0.1) is 0 Å². The molecule has 1 aromatic rings. The van der Waals surface area contributed by atoms with Crippen molar-refractivity contribution in [2.45, 2.75) is 30.7 Å². The minimum absolute atomic E-state index is 0.114. The molecule has 174 valence electrons. The number of fused-ring (bicyclic) bond motifs is 2. The van der Waals surface area contributed by atoms with E-state index in [-0.39, 0.29) is 25.7 Å². The lowest BCUT2D eigenvalue weighted by molar-refractivity contribution is -0.153. The van der Waals surface area contributed by atoms with Crippen molar-refractivity contribution in [1.29, 1.82) is 0 Å². The van der Waals surface area contributed by atoms with Crippen molar-refractivity contribution in [3.8, 4) is 5.75 Å². The molecular weight excluding hydrogens is 428 g/mol. The van der Waals surface area contributed by atoms with Crippen molar-refractivity contribution in [2.75, 3.05) is 31.8 Å². The van der Waals surface area contributed by atoms with Gasteiger partial charge < -0.3 is 29.1 Å². The summed E-state index contributed by atoms with van der Waals surface area (Å²) in [5.74, 6) is -2.38. The fourth-order valence-electron chi connectivity index (χ4n) is 5.46. The van der Waals surface area contributed by atoms with E-state index in [0.29, 0.717) is 11.4 Å². The van der Waals surface area contributed by atoms with Crippen LogP contribution in [0.3, 0.4) is 0 Å². The van der Waals surface area contributed by atoms with Crippen molar-refractivity contribution < 1.29 is 33.7 Å². The predicted molar refractivity (Wildman–Crippen MR) is 116 cm³/mol. The molecule has 0 radical (unpaired) electrons. The van der Waals surface area contributed by atoms with Crippen LogP contribution in [-0.2, 0) is 23.9 Å². The number of rotatable bonds is 4. The summed E-state index contributed by atoms with van der Waals surface area (Å²) in [7, 11) is 1.57. The van der Waals surface area contributed by atoms with Crippen LogP contribution in [0, 0.1) is 11.8 Å². The maximum Gasteiger partial charge on any atom is 0.313 e. The Morgan fingerprint density at radius 1 is 1.18 bits per heavy atom. The van der Waals surface area contributed by atoms with Gasteiger partial charge in [0.25, 0.3) is 5.91 Å². The van der Waals surface area contributed by atoms with E-state index < -0.39 is 47.5 Å². The topological polar surface area (TPSA) is 106 Å². The molecule has 0 aromatic heterocycles. The number of aliphatic hydroxyl groups excluding tert-OH is 1. The smallest absolute Gasteiger partial charge is 0.313 e. The van der Waals surface area contributed by atoms with E-state index in [0.717, 1.165) is 0 Å². The summed E-state index contributed by atoms with van der Waals surface area (Å²) in [4.78, 5) is 43.5. The number of likely N-dealkylation sites (tertiary alicyclic amines) is 1. The summed E-state index contributed by atoms with van der Waals surface area (Å²) in [6.45, 7) is 1.73. The first-order valence-corrected chi connectivity index (χ1v) is 11.0. The van der Waals surface area contributed by atoms with Gasteiger partial charge in [-0.3, -0.25) is 14.4 Å². The minimum atomic E-state index is -1.34. The summed E-state index contributed by atoms with van der Waals surface area (Å²) in [6, 6.07) is 5.39.